The highest BCUT2D eigenvalue weighted by Gasteiger charge is 2.18. The van der Waals surface area contributed by atoms with Crippen LogP contribution in [-0.4, -0.2) is 54.9 Å². The van der Waals surface area contributed by atoms with Crippen LogP contribution in [0.2, 0.25) is 0 Å². The first-order valence-electron chi connectivity index (χ1n) is 8.07. The average molecular weight is 285 g/mol. The first-order chi connectivity index (χ1) is 9.65. The van der Waals surface area contributed by atoms with Gasteiger partial charge in [0.05, 0.1) is 6.10 Å². The van der Waals surface area contributed by atoms with E-state index in [1.165, 1.54) is 25.8 Å². The van der Waals surface area contributed by atoms with E-state index in [0.717, 1.165) is 26.1 Å². The highest BCUT2D eigenvalue weighted by Crippen LogP contribution is 2.16. The molecule has 0 bridgehead atoms. The van der Waals surface area contributed by atoms with E-state index in [-0.39, 0.29) is 12.1 Å². The highest BCUT2D eigenvalue weighted by molar-refractivity contribution is 5.73. The van der Waals surface area contributed by atoms with Crippen molar-refractivity contribution in [3.05, 3.63) is 0 Å². The van der Waals surface area contributed by atoms with Crippen molar-refractivity contribution in [3.8, 4) is 0 Å². The molecule has 118 valence electrons. The Labute approximate surface area is 123 Å². The third-order valence-electron chi connectivity index (χ3n) is 4.03. The molecule has 5 heteroatoms. The minimum absolute atomic E-state index is 0.107. The zero-order chi connectivity index (χ0) is 14.8. The van der Waals surface area contributed by atoms with Crippen molar-refractivity contribution in [2.75, 3.05) is 32.7 Å². The lowest BCUT2D eigenvalue weighted by Gasteiger charge is -2.31. The quantitative estimate of drug-likeness (QED) is 0.634. The second-order valence-electron chi connectivity index (χ2n) is 5.77. The zero-order valence-electron chi connectivity index (χ0n) is 13.0. The summed E-state index contributed by atoms with van der Waals surface area (Å²) in [5.41, 5.74) is 0. The fraction of sp³-hybridized carbons (Fsp3) is 0.933. The molecule has 0 aromatic carbocycles. The number of piperidine rings is 1. The van der Waals surface area contributed by atoms with E-state index in [4.69, 9.17) is 0 Å². The Balaban J connectivity index is 2.04. The van der Waals surface area contributed by atoms with Gasteiger partial charge in [-0.1, -0.05) is 13.8 Å². The molecule has 0 saturated carbocycles. The summed E-state index contributed by atoms with van der Waals surface area (Å²) in [6.45, 7) is 8.97. The first-order valence-corrected chi connectivity index (χ1v) is 8.07. The summed E-state index contributed by atoms with van der Waals surface area (Å²) in [7, 11) is 0. The molecule has 0 radical (unpaired) electrons. The van der Waals surface area contributed by atoms with Gasteiger partial charge in [0.1, 0.15) is 0 Å². The van der Waals surface area contributed by atoms with Crippen molar-refractivity contribution in [2.24, 2.45) is 5.92 Å². The molecular formula is C15H31N3O2. The fourth-order valence-electron chi connectivity index (χ4n) is 2.59. The van der Waals surface area contributed by atoms with Crippen LogP contribution in [0.3, 0.4) is 0 Å². The Morgan fingerprint density at radius 1 is 1.30 bits per heavy atom. The van der Waals surface area contributed by atoms with Crippen molar-refractivity contribution >= 4 is 6.03 Å². The van der Waals surface area contributed by atoms with E-state index in [1.54, 1.807) is 0 Å². The summed E-state index contributed by atoms with van der Waals surface area (Å²) in [5.74, 6) is 0.607. The third kappa shape index (κ3) is 7.10. The summed E-state index contributed by atoms with van der Waals surface area (Å²) in [6, 6.07) is -0.107. The Morgan fingerprint density at radius 2 is 2.00 bits per heavy atom. The maximum Gasteiger partial charge on any atom is 0.314 e. The van der Waals surface area contributed by atoms with E-state index in [2.05, 4.69) is 22.5 Å². The number of urea groups is 1. The van der Waals surface area contributed by atoms with Gasteiger partial charge < -0.3 is 20.6 Å². The van der Waals surface area contributed by atoms with Gasteiger partial charge in [0, 0.05) is 13.1 Å². The number of likely N-dealkylation sites (tertiary alicyclic amines) is 1. The minimum Gasteiger partial charge on any atom is -0.393 e. The fourth-order valence-corrected chi connectivity index (χ4v) is 2.59. The molecule has 5 nitrogen and oxygen atoms in total. The van der Waals surface area contributed by atoms with Gasteiger partial charge >= 0.3 is 6.03 Å². The number of hydrogen-bond acceptors (Lipinski definition) is 3. The van der Waals surface area contributed by atoms with Crippen LogP contribution in [-0.2, 0) is 0 Å². The van der Waals surface area contributed by atoms with Gasteiger partial charge in [-0.25, -0.2) is 4.79 Å². The number of aliphatic hydroxyl groups is 1. The maximum absolute atomic E-state index is 11.6. The van der Waals surface area contributed by atoms with E-state index in [0.29, 0.717) is 18.9 Å². The molecule has 0 spiro atoms. The molecule has 1 aliphatic heterocycles. The molecule has 0 aliphatic carbocycles. The average Bonchev–Trinajstić information content (AvgIpc) is 2.46. The monoisotopic (exact) mass is 285 g/mol. The molecule has 1 fully saturated rings. The molecule has 20 heavy (non-hydrogen) atoms. The summed E-state index contributed by atoms with van der Waals surface area (Å²) < 4.78 is 0. The lowest BCUT2D eigenvalue weighted by molar-refractivity contribution is 0.159. The second kappa shape index (κ2) is 10.00. The second-order valence-corrected chi connectivity index (χ2v) is 5.77. The molecule has 1 heterocycles. The Morgan fingerprint density at radius 3 is 2.60 bits per heavy atom. The zero-order valence-corrected chi connectivity index (χ0v) is 13.0. The van der Waals surface area contributed by atoms with Gasteiger partial charge in [0.2, 0.25) is 0 Å². The molecule has 0 aromatic heterocycles. The number of nitrogens with one attached hydrogen (secondary N) is 2. The summed E-state index contributed by atoms with van der Waals surface area (Å²) in [4.78, 5) is 14.1. The molecule has 1 atom stereocenters. The van der Waals surface area contributed by atoms with Crippen molar-refractivity contribution in [3.63, 3.8) is 0 Å². The molecule has 0 aromatic rings. The van der Waals surface area contributed by atoms with E-state index >= 15 is 0 Å². The summed E-state index contributed by atoms with van der Waals surface area (Å²) in [6.07, 6.45) is 4.62. The van der Waals surface area contributed by atoms with Gasteiger partial charge in [0.15, 0.2) is 0 Å². The van der Waals surface area contributed by atoms with Crippen LogP contribution in [0.5, 0.6) is 0 Å². The van der Waals surface area contributed by atoms with Crippen LogP contribution in [0.4, 0.5) is 4.79 Å². The number of aliphatic hydroxyl groups excluding tert-OH is 1. The predicted octanol–water partition coefficient (Wildman–Crippen LogP) is 1.57. The van der Waals surface area contributed by atoms with Gasteiger partial charge in [-0.05, 0) is 57.7 Å². The number of nitrogens with zero attached hydrogens (tertiary/aromatic N) is 1. The Bertz CT molecular complexity index is 266. The van der Waals surface area contributed by atoms with E-state index in [9.17, 15) is 9.90 Å². The standard InChI is InChI=1S/C15H31N3O2/c1-3-9-18-10-6-13(7-11-18)12-17-15(20)16-8-5-14(19)4-2/h13-14,19H,3-12H2,1-2H3,(H2,16,17,20). The molecule has 1 saturated heterocycles. The van der Waals surface area contributed by atoms with Crippen LogP contribution in [0.15, 0.2) is 0 Å². The molecule has 1 unspecified atom stereocenters. The molecule has 3 N–H and O–H groups in total. The van der Waals surface area contributed by atoms with Crippen molar-refractivity contribution in [2.45, 2.75) is 52.1 Å². The predicted molar refractivity (Wildman–Crippen MR) is 81.8 cm³/mol. The number of carbonyl (C=O) groups is 1. The van der Waals surface area contributed by atoms with Gasteiger partial charge in [-0.15, -0.1) is 0 Å². The van der Waals surface area contributed by atoms with Crippen LogP contribution in [0.1, 0.15) is 46.0 Å². The van der Waals surface area contributed by atoms with E-state index in [1.807, 2.05) is 6.92 Å². The molecule has 1 rings (SSSR count). The van der Waals surface area contributed by atoms with Crippen molar-refractivity contribution in [1.29, 1.82) is 0 Å². The van der Waals surface area contributed by atoms with Gasteiger partial charge in [-0.3, -0.25) is 0 Å². The minimum atomic E-state index is -0.307. The largest absolute Gasteiger partial charge is 0.393 e. The SMILES string of the molecule is CCCN1CCC(CNC(=O)NCCC(O)CC)CC1. The number of carbonyl (C=O) groups excluding carboxylic acids is 1. The third-order valence-corrected chi connectivity index (χ3v) is 4.03. The lowest BCUT2D eigenvalue weighted by atomic mass is 9.97. The number of hydrogen-bond donors (Lipinski definition) is 3. The number of amides is 2. The molecule has 2 amide bonds. The molecular weight excluding hydrogens is 254 g/mol. The van der Waals surface area contributed by atoms with E-state index < -0.39 is 0 Å². The summed E-state index contributed by atoms with van der Waals surface area (Å²) >= 11 is 0. The van der Waals surface area contributed by atoms with Gasteiger partial charge in [-0.2, -0.15) is 0 Å². The smallest absolute Gasteiger partial charge is 0.314 e. The lowest BCUT2D eigenvalue weighted by Crippen LogP contribution is -2.42. The van der Waals surface area contributed by atoms with Crippen LogP contribution < -0.4 is 10.6 Å². The normalized spacial score (nSPS) is 18.8. The number of rotatable bonds is 8. The van der Waals surface area contributed by atoms with Gasteiger partial charge in [0.25, 0.3) is 0 Å². The van der Waals surface area contributed by atoms with Crippen molar-refractivity contribution in [1.82, 2.24) is 15.5 Å². The summed E-state index contributed by atoms with van der Waals surface area (Å²) in [5, 5.41) is 15.1. The van der Waals surface area contributed by atoms with Crippen LogP contribution >= 0.6 is 0 Å². The van der Waals surface area contributed by atoms with Crippen LogP contribution in [0, 0.1) is 5.92 Å². The topological polar surface area (TPSA) is 64.6 Å². The Hall–Kier alpha value is -0.810. The Kier molecular flexibility index (Phi) is 8.62. The van der Waals surface area contributed by atoms with Crippen LogP contribution in [0.25, 0.3) is 0 Å². The molecule has 1 aliphatic rings. The maximum atomic E-state index is 11.6. The van der Waals surface area contributed by atoms with Crippen molar-refractivity contribution < 1.29 is 9.90 Å². The highest BCUT2D eigenvalue weighted by atomic mass is 16.3. The first kappa shape index (κ1) is 17.2.